The molecule has 3 N–H and O–H groups in total. The summed E-state index contributed by atoms with van der Waals surface area (Å²) < 4.78 is 11.2. The number of nitrogens with zero attached hydrogens (tertiary/aromatic N) is 7. The van der Waals surface area contributed by atoms with Gasteiger partial charge in [-0.3, -0.25) is 24.4 Å². The number of nitrogens with one attached hydrogen (secondary N) is 2. The van der Waals surface area contributed by atoms with Crippen molar-refractivity contribution >= 4 is 90.4 Å². The van der Waals surface area contributed by atoms with Crippen LogP contribution in [0.4, 0.5) is 23.0 Å². The van der Waals surface area contributed by atoms with Crippen molar-refractivity contribution in [3.63, 3.8) is 0 Å². The molecule has 1 fully saturated rings. The molecule has 15 nitrogen and oxygen atoms in total. The van der Waals surface area contributed by atoms with Crippen molar-refractivity contribution in [3.8, 4) is 11.5 Å². The Morgan fingerprint density at radius 1 is 0.754 bits per heavy atom. The smallest absolute Gasteiger partial charge is 0.306 e. The molecule has 11 rings (SSSR count). The van der Waals surface area contributed by atoms with Crippen LogP contribution < -0.4 is 20.1 Å². The van der Waals surface area contributed by atoms with E-state index in [-0.39, 0.29) is 17.7 Å². The molecule has 3 aliphatic heterocycles. The third-order valence-electron chi connectivity index (χ3n) is 12.1. The minimum atomic E-state index is -0.725. The van der Waals surface area contributed by atoms with Gasteiger partial charge < -0.3 is 25.2 Å². The largest absolute Gasteiger partial charge is 0.495 e. The molecule has 1 saturated heterocycles. The Bertz CT molecular complexity index is 2780. The van der Waals surface area contributed by atoms with Crippen LogP contribution in [-0.2, 0) is 53.2 Å². The zero-order chi connectivity index (χ0) is 41.6. The number of carboxylic acid groups (broad SMARTS) is 1. The lowest BCUT2D eigenvalue weighted by Crippen LogP contribution is -2.41. The normalized spacial score (nSPS) is 18.5. The van der Waals surface area contributed by atoms with Gasteiger partial charge in [0.15, 0.2) is 0 Å². The Balaban J connectivity index is 0.000000148. The summed E-state index contributed by atoms with van der Waals surface area (Å²) in [6.07, 6.45) is 13.2. The molecule has 2 aliphatic carbocycles. The van der Waals surface area contributed by atoms with E-state index in [2.05, 4.69) is 46.6 Å². The molecule has 2 aromatic carbocycles. The van der Waals surface area contributed by atoms with Gasteiger partial charge in [0.25, 0.3) is 0 Å². The molecule has 0 unspecified atom stereocenters. The van der Waals surface area contributed by atoms with E-state index in [1.54, 1.807) is 54.6 Å². The van der Waals surface area contributed by atoms with Gasteiger partial charge in [-0.05, 0) is 109 Å². The highest BCUT2D eigenvalue weighted by Crippen LogP contribution is 2.44. The Morgan fingerprint density at radius 3 is 1.80 bits per heavy atom. The maximum atomic E-state index is 13.0. The lowest BCUT2D eigenvalue weighted by atomic mass is 9.87. The SMILES string of the molecule is COc1cc2c(cc1Nc1ncnc3sc4c(c13)CC[C@H](C(=O)N1CCCCO1)C4)C=NC2.COc1cc2c(cc1Nc1ncnc3sc4c(c13)CC[C@H](C(=O)O)C4)C=NC2. The fraction of sp³-hybridized carbons (Fsp3) is 0.364. The van der Waals surface area contributed by atoms with Crippen LogP contribution >= 0.6 is 22.7 Å². The van der Waals surface area contributed by atoms with E-state index in [1.165, 1.54) is 16.0 Å². The molecular formula is C44H43N9O6S2. The molecular weight excluding hydrogens is 815 g/mol. The van der Waals surface area contributed by atoms with E-state index in [4.69, 9.17) is 14.3 Å². The Labute approximate surface area is 358 Å². The summed E-state index contributed by atoms with van der Waals surface area (Å²) in [6.45, 7) is 2.69. The lowest BCUT2D eigenvalue weighted by molar-refractivity contribution is -0.201. The number of anilines is 4. The topological polar surface area (TPSA) is 186 Å². The van der Waals surface area contributed by atoms with Crippen LogP contribution in [0.5, 0.6) is 11.5 Å². The Morgan fingerprint density at radius 2 is 1.30 bits per heavy atom. The van der Waals surface area contributed by atoms with Crippen molar-refractivity contribution < 1.29 is 29.0 Å². The number of aromatic nitrogens is 4. The molecule has 1 amide bonds. The standard InChI is InChI=1S/C24H25N5O3S.C20H18N4O3S/c1-31-19-9-16-12-25-11-15(16)8-18(19)28-22-21-17-5-4-14(24(30)29-6-2-3-7-32-29)10-20(17)33-23(21)27-13-26-22;1-27-15-5-12-8-21-7-11(12)4-14(15)24-18-17-13-3-2-10(20(25)26)6-16(13)28-19(17)23-9-22-18/h8-9,11,13-14H,2-7,10,12H2,1H3,(H,26,27,28);4-5,7,9-10H,2-3,6,8H2,1H3,(H,25,26)(H,22,23,24)/t14-;10-/m00/s1. The number of aliphatic carboxylic acids is 1. The van der Waals surface area contributed by atoms with Crippen molar-refractivity contribution in [2.75, 3.05) is 38.0 Å². The number of carbonyl (C=O) groups excluding carboxylic acids is 1. The fourth-order valence-electron chi connectivity index (χ4n) is 8.87. The molecule has 0 radical (unpaired) electrons. The maximum absolute atomic E-state index is 13.0. The van der Waals surface area contributed by atoms with Crippen LogP contribution in [0.1, 0.15) is 68.8 Å². The number of benzene rings is 2. The summed E-state index contributed by atoms with van der Waals surface area (Å²) in [5.74, 6) is 2.04. The van der Waals surface area contributed by atoms with Crippen LogP contribution in [0.15, 0.2) is 46.9 Å². The van der Waals surface area contributed by atoms with E-state index >= 15 is 0 Å². The second-order valence-electron chi connectivity index (χ2n) is 15.7. The van der Waals surface area contributed by atoms with E-state index in [1.807, 2.05) is 30.6 Å². The molecule has 0 saturated carbocycles. The lowest BCUT2D eigenvalue weighted by Gasteiger charge is -2.31. The number of thiophene rings is 2. The number of carbonyl (C=O) groups is 2. The van der Waals surface area contributed by atoms with Gasteiger partial charge in [0, 0.05) is 34.6 Å². The van der Waals surface area contributed by atoms with Gasteiger partial charge in [-0.1, -0.05) is 0 Å². The first-order chi connectivity index (χ1) is 29.8. The van der Waals surface area contributed by atoms with Gasteiger partial charge in [-0.15, -0.1) is 22.7 Å². The number of ether oxygens (including phenoxy) is 2. The van der Waals surface area contributed by atoms with Crippen molar-refractivity contribution in [1.29, 1.82) is 0 Å². The van der Waals surface area contributed by atoms with E-state index in [0.717, 1.165) is 121 Å². The molecule has 312 valence electrons. The van der Waals surface area contributed by atoms with Gasteiger partial charge >= 0.3 is 5.97 Å². The van der Waals surface area contributed by atoms with Crippen molar-refractivity contribution in [1.82, 2.24) is 25.0 Å². The van der Waals surface area contributed by atoms with E-state index < -0.39 is 5.97 Å². The molecule has 0 bridgehead atoms. The maximum Gasteiger partial charge on any atom is 0.306 e. The summed E-state index contributed by atoms with van der Waals surface area (Å²) in [7, 11) is 3.32. The number of aliphatic imine (C=N–C) groups is 2. The summed E-state index contributed by atoms with van der Waals surface area (Å²) in [5.41, 5.74) is 8.58. The molecule has 6 aromatic rings. The predicted octanol–water partition coefficient (Wildman–Crippen LogP) is 7.60. The number of rotatable bonds is 8. The third-order valence-corrected chi connectivity index (χ3v) is 14.4. The van der Waals surface area contributed by atoms with E-state index in [0.29, 0.717) is 39.1 Å². The Hall–Kier alpha value is -6.04. The quantitative estimate of drug-likeness (QED) is 0.136. The zero-order valence-electron chi connectivity index (χ0n) is 33.7. The first-order valence-electron chi connectivity index (χ1n) is 20.5. The van der Waals surface area contributed by atoms with Crippen LogP contribution in [-0.4, -0.2) is 81.8 Å². The van der Waals surface area contributed by atoms with Crippen molar-refractivity contribution in [3.05, 3.63) is 80.1 Å². The monoisotopic (exact) mass is 857 g/mol. The first-order valence-corrected chi connectivity index (χ1v) is 22.1. The minimum Gasteiger partial charge on any atom is -0.495 e. The molecule has 17 heteroatoms. The molecule has 7 heterocycles. The second-order valence-corrected chi connectivity index (χ2v) is 17.9. The van der Waals surface area contributed by atoms with Crippen molar-refractivity contribution in [2.24, 2.45) is 21.8 Å². The van der Waals surface area contributed by atoms with Crippen LogP contribution in [0, 0.1) is 11.8 Å². The predicted molar refractivity (Wildman–Crippen MR) is 236 cm³/mol. The number of fused-ring (bicyclic) bond motifs is 8. The van der Waals surface area contributed by atoms with Gasteiger partial charge in [0.05, 0.1) is 62.0 Å². The Kier molecular flexibility index (Phi) is 10.5. The highest BCUT2D eigenvalue weighted by atomic mass is 32.1. The van der Waals surface area contributed by atoms with Crippen molar-refractivity contribution in [2.45, 2.75) is 64.5 Å². The number of aryl methyl sites for hydroxylation is 2. The molecule has 0 spiro atoms. The highest BCUT2D eigenvalue weighted by molar-refractivity contribution is 7.19. The van der Waals surface area contributed by atoms with Gasteiger partial charge in [-0.25, -0.2) is 25.0 Å². The number of hydrogen-bond acceptors (Lipinski definition) is 15. The molecule has 5 aliphatic rings. The van der Waals surface area contributed by atoms with Crippen LogP contribution in [0.25, 0.3) is 20.4 Å². The van der Waals surface area contributed by atoms with Crippen LogP contribution in [0.3, 0.4) is 0 Å². The van der Waals surface area contributed by atoms with Crippen LogP contribution in [0.2, 0.25) is 0 Å². The highest BCUT2D eigenvalue weighted by Gasteiger charge is 2.33. The average molecular weight is 858 g/mol. The zero-order valence-corrected chi connectivity index (χ0v) is 35.3. The average Bonchev–Trinajstić information content (AvgIpc) is 4.10. The molecule has 2 atom stereocenters. The first kappa shape index (κ1) is 39.1. The van der Waals surface area contributed by atoms with Gasteiger partial charge in [0.2, 0.25) is 5.91 Å². The number of methoxy groups -OCH3 is 2. The van der Waals surface area contributed by atoms with E-state index in [9.17, 15) is 14.7 Å². The number of hydroxylamine groups is 2. The summed E-state index contributed by atoms with van der Waals surface area (Å²) in [4.78, 5) is 60.9. The fourth-order valence-corrected chi connectivity index (χ4v) is 11.4. The van der Waals surface area contributed by atoms with Gasteiger partial charge in [-0.2, -0.15) is 0 Å². The summed E-state index contributed by atoms with van der Waals surface area (Å²) >= 11 is 3.24. The number of carboxylic acids is 1. The molecule has 61 heavy (non-hydrogen) atoms. The summed E-state index contributed by atoms with van der Waals surface area (Å²) in [5, 5.41) is 19.9. The number of amides is 1. The number of hydrogen-bond donors (Lipinski definition) is 3. The summed E-state index contributed by atoms with van der Waals surface area (Å²) in [6, 6.07) is 8.12. The second kappa shape index (κ2) is 16.4. The third kappa shape index (κ3) is 7.44. The minimum absolute atomic E-state index is 0.0378. The van der Waals surface area contributed by atoms with Gasteiger partial charge in [0.1, 0.15) is 45.5 Å². The molecule has 4 aromatic heterocycles.